The SMILES string of the molecule is CNC(c1ccc(Cl)cc1)C1CCCC(C)C1. The molecule has 2 rings (SSSR count). The lowest BCUT2D eigenvalue weighted by atomic mass is 9.77. The zero-order valence-corrected chi connectivity index (χ0v) is 11.5. The van der Waals surface area contributed by atoms with Crippen LogP contribution in [0.3, 0.4) is 0 Å². The molecule has 2 heteroatoms. The maximum absolute atomic E-state index is 5.95. The first-order valence-corrected chi connectivity index (χ1v) is 7.01. The molecule has 1 N–H and O–H groups in total. The van der Waals surface area contributed by atoms with Crippen molar-refractivity contribution in [2.24, 2.45) is 11.8 Å². The van der Waals surface area contributed by atoms with E-state index in [1.807, 2.05) is 12.1 Å². The van der Waals surface area contributed by atoms with Crippen LogP contribution in [-0.2, 0) is 0 Å². The molecule has 0 saturated heterocycles. The van der Waals surface area contributed by atoms with Gasteiger partial charge in [0, 0.05) is 11.1 Å². The zero-order chi connectivity index (χ0) is 12.3. The fourth-order valence-corrected chi connectivity index (χ4v) is 3.25. The predicted octanol–water partition coefficient (Wildman–Crippen LogP) is 4.43. The average molecular weight is 252 g/mol. The van der Waals surface area contributed by atoms with Crippen molar-refractivity contribution < 1.29 is 0 Å². The van der Waals surface area contributed by atoms with Crippen LogP contribution >= 0.6 is 11.6 Å². The lowest BCUT2D eigenvalue weighted by Crippen LogP contribution is -2.28. The van der Waals surface area contributed by atoms with E-state index in [0.717, 1.165) is 16.9 Å². The molecule has 3 unspecified atom stereocenters. The van der Waals surface area contributed by atoms with Gasteiger partial charge in [-0.1, -0.05) is 43.5 Å². The van der Waals surface area contributed by atoms with Crippen molar-refractivity contribution in [2.75, 3.05) is 7.05 Å². The summed E-state index contributed by atoms with van der Waals surface area (Å²) in [4.78, 5) is 0. The van der Waals surface area contributed by atoms with Gasteiger partial charge >= 0.3 is 0 Å². The van der Waals surface area contributed by atoms with Gasteiger partial charge in [-0.3, -0.25) is 0 Å². The van der Waals surface area contributed by atoms with Crippen molar-refractivity contribution in [3.05, 3.63) is 34.9 Å². The van der Waals surface area contributed by atoms with Crippen molar-refractivity contribution in [1.29, 1.82) is 0 Å². The smallest absolute Gasteiger partial charge is 0.0406 e. The Morgan fingerprint density at radius 1 is 1.24 bits per heavy atom. The zero-order valence-electron chi connectivity index (χ0n) is 10.7. The Balaban J connectivity index is 2.12. The van der Waals surface area contributed by atoms with Crippen LogP contribution in [0.2, 0.25) is 5.02 Å². The third-order valence-electron chi connectivity index (χ3n) is 3.99. The monoisotopic (exact) mass is 251 g/mol. The molecular formula is C15H22ClN. The molecule has 0 aliphatic heterocycles. The first-order valence-electron chi connectivity index (χ1n) is 6.63. The van der Waals surface area contributed by atoms with Gasteiger partial charge in [0.05, 0.1) is 0 Å². The van der Waals surface area contributed by atoms with Crippen LogP contribution in [0, 0.1) is 11.8 Å². The Hall–Kier alpha value is -0.530. The second-order valence-electron chi connectivity index (χ2n) is 5.35. The number of benzene rings is 1. The van der Waals surface area contributed by atoms with Gasteiger partial charge in [-0.2, -0.15) is 0 Å². The van der Waals surface area contributed by atoms with Gasteiger partial charge in [0.25, 0.3) is 0 Å². The first-order chi connectivity index (χ1) is 8.20. The molecule has 1 aromatic carbocycles. The number of rotatable bonds is 3. The van der Waals surface area contributed by atoms with Crippen molar-refractivity contribution in [3.8, 4) is 0 Å². The van der Waals surface area contributed by atoms with Crippen LogP contribution in [0.1, 0.15) is 44.2 Å². The van der Waals surface area contributed by atoms with Gasteiger partial charge < -0.3 is 5.32 Å². The van der Waals surface area contributed by atoms with Gasteiger partial charge in [0.2, 0.25) is 0 Å². The summed E-state index contributed by atoms with van der Waals surface area (Å²) in [6.45, 7) is 2.38. The maximum Gasteiger partial charge on any atom is 0.0406 e. The highest BCUT2D eigenvalue weighted by Gasteiger charge is 2.26. The summed E-state index contributed by atoms with van der Waals surface area (Å²) in [5, 5.41) is 4.31. The molecule has 17 heavy (non-hydrogen) atoms. The molecule has 0 bridgehead atoms. The van der Waals surface area contributed by atoms with Crippen LogP contribution in [0.4, 0.5) is 0 Å². The number of nitrogens with one attached hydrogen (secondary N) is 1. The molecule has 1 saturated carbocycles. The lowest BCUT2D eigenvalue weighted by Gasteiger charge is -2.33. The van der Waals surface area contributed by atoms with E-state index in [1.54, 1.807) is 0 Å². The Bertz CT molecular complexity index is 346. The third-order valence-corrected chi connectivity index (χ3v) is 4.24. The summed E-state index contributed by atoms with van der Waals surface area (Å²) >= 11 is 5.95. The summed E-state index contributed by atoms with van der Waals surface area (Å²) in [5.74, 6) is 1.64. The minimum Gasteiger partial charge on any atom is -0.313 e. The number of halogens is 1. The summed E-state index contributed by atoms with van der Waals surface area (Å²) in [7, 11) is 2.07. The quantitative estimate of drug-likeness (QED) is 0.838. The third kappa shape index (κ3) is 3.23. The Morgan fingerprint density at radius 2 is 1.94 bits per heavy atom. The van der Waals surface area contributed by atoms with Crippen LogP contribution in [0.25, 0.3) is 0 Å². The summed E-state index contributed by atoms with van der Waals surface area (Å²) < 4.78 is 0. The lowest BCUT2D eigenvalue weighted by molar-refractivity contribution is 0.230. The van der Waals surface area contributed by atoms with Crippen LogP contribution < -0.4 is 5.32 Å². The standard InChI is InChI=1S/C15H22ClN/c1-11-4-3-5-13(10-11)15(17-2)12-6-8-14(16)9-7-12/h6-9,11,13,15,17H,3-5,10H2,1-2H3. The summed E-state index contributed by atoms with van der Waals surface area (Å²) in [6.07, 6.45) is 5.46. The highest BCUT2D eigenvalue weighted by molar-refractivity contribution is 6.30. The van der Waals surface area contributed by atoms with E-state index in [1.165, 1.54) is 31.2 Å². The van der Waals surface area contributed by atoms with E-state index in [9.17, 15) is 0 Å². The maximum atomic E-state index is 5.95. The second-order valence-corrected chi connectivity index (χ2v) is 5.79. The predicted molar refractivity (Wildman–Crippen MR) is 74.4 cm³/mol. The Kier molecular flexibility index (Phi) is 4.47. The fraction of sp³-hybridized carbons (Fsp3) is 0.600. The topological polar surface area (TPSA) is 12.0 Å². The molecule has 94 valence electrons. The molecule has 0 aromatic heterocycles. The van der Waals surface area contributed by atoms with E-state index in [-0.39, 0.29) is 0 Å². The molecule has 1 aromatic rings. The molecule has 1 nitrogen and oxygen atoms in total. The van der Waals surface area contributed by atoms with Gasteiger partial charge in [-0.15, -0.1) is 0 Å². The van der Waals surface area contributed by atoms with Crippen molar-refractivity contribution in [3.63, 3.8) is 0 Å². The van der Waals surface area contributed by atoms with E-state index >= 15 is 0 Å². The normalized spacial score (nSPS) is 26.8. The van der Waals surface area contributed by atoms with Gasteiger partial charge in [0.15, 0.2) is 0 Å². The van der Waals surface area contributed by atoms with E-state index < -0.39 is 0 Å². The molecule has 3 atom stereocenters. The summed E-state index contributed by atoms with van der Waals surface area (Å²) in [6, 6.07) is 8.78. The minimum absolute atomic E-state index is 0.481. The number of hydrogen-bond donors (Lipinski definition) is 1. The largest absolute Gasteiger partial charge is 0.313 e. The van der Waals surface area contributed by atoms with Crippen LogP contribution in [0.15, 0.2) is 24.3 Å². The van der Waals surface area contributed by atoms with E-state index in [4.69, 9.17) is 11.6 Å². The Labute approximate surface area is 110 Å². The highest BCUT2D eigenvalue weighted by atomic mass is 35.5. The van der Waals surface area contributed by atoms with Crippen molar-refractivity contribution >= 4 is 11.6 Å². The second kappa shape index (κ2) is 5.88. The number of hydrogen-bond acceptors (Lipinski definition) is 1. The molecular weight excluding hydrogens is 230 g/mol. The molecule has 0 radical (unpaired) electrons. The van der Waals surface area contributed by atoms with Crippen molar-refractivity contribution in [2.45, 2.75) is 38.6 Å². The highest BCUT2D eigenvalue weighted by Crippen LogP contribution is 2.37. The fourth-order valence-electron chi connectivity index (χ4n) is 3.13. The summed E-state index contributed by atoms with van der Waals surface area (Å²) in [5.41, 5.74) is 1.37. The molecule has 1 fully saturated rings. The van der Waals surface area contributed by atoms with Crippen LogP contribution in [-0.4, -0.2) is 7.05 Å². The minimum atomic E-state index is 0.481. The molecule has 1 aliphatic carbocycles. The molecule has 0 amide bonds. The first kappa shape index (κ1) is 12.9. The van der Waals surface area contributed by atoms with Gasteiger partial charge in [-0.25, -0.2) is 0 Å². The van der Waals surface area contributed by atoms with Crippen molar-refractivity contribution in [1.82, 2.24) is 5.32 Å². The van der Waals surface area contributed by atoms with E-state index in [2.05, 4.69) is 31.4 Å². The molecule has 0 heterocycles. The average Bonchev–Trinajstić information content (AvgIpc) is 2.33. The molecule has 1 aliphatic rings. The molecule has 0 spiro atoms. The van der Waals surface area contributed by atoms with Crippen LogP contribution in [0.5, 0.6) is 0 Å². The van der Waals surface area contributed by atoms with Gasteiger partial charge in [0.1, 0.15) is 0 Å². The van der Waals surface area contributed by atoms with Gasteiger partial charge in [-0.05, 0) is 49.4 Å². The Morgan fingerprint density at radius 3 is 2.53 bits per heavy atom. The van der Waals surface area contributed by atoms with E-state index in [0.29, 0.717) is 6.04 Å².